The predicted molar refractivity (Wildman–Crippen MR) is 105 cm³/mol. The highest BCUT2D eigenvalue weighted by Crippen LogP contribution is 2.25. The molecule has 1 heterocycles. The lowest BCUT2D eigenvalue weighted by molar-refractivity contribution is 0.0981. The molecule has 0 atom stereocenters. The molecule has 1 N–H and O–H groups in total. The summed E-state index contributed by atoms with van der Waals surface area (Å²) in [6.07, 6.45) is 0.546. The fraction of sp³-hybridized carbons (Fsp3) is 0.278. The first-order valence-electron chi connectivity index (χ1n) is 8.46. The number of methoxy groups -OCH3 is 1. The third-order valence-electron chi connectivity index (χ3n) is 4.42. The maximum atomic E-state index is 12.5. The van der Waals surface area contributed by atoms with E-state index in [9.17, 15) is 21.6 Å². The first-order chi connectivity index (χ1) is 13.1. The smallest absolute Gasteiger partial charge is 0.264 e. The molecule has 10 heteroatoms. The Morgan fingerprint density at radius 2 is 1.82 bits per heavy atom. The summed E-state index contributed by atoms with van der Waals surface area (Å²) in [7, 11) is -5.90. The molecule has 0 aliphatic carbocycles. The summed E-state index contributed by atoms with van der Waals surface area (Å²) in [5.74, 6) is -0.170. The molecule has 8 nitrogen and oxygen atoms in total. The van der Waals surface area contributed by atoms with Gasteiger partial charge in [0.15, 0.2) is 0 Å². The van der Waals surface area contributed by atoms with E-state index in [0.29, 0.717) is 30.0 Å². The Labute approximate surface area is 164 Å². The molecule has 2 aromatic carbocycles. The second-order valence-electron chi connectivity index (χ2n) is 6.35. The van der Waals surface area contributed by atoms with Crippen molar-refractivity contribution >= 4 is 31.6 Å². The first-order valence-corrected chi connectivity index (χ1v) is 11.6. The van der Waals surface area contributed by atoms with Crippen LogP contribution in [-0.4, -0.2) is 42.2 Å². The minimum Gasteiger partial charge on any atom is -0.496 e. The van der Waals surface area contributed by atoms with Crippen LogP contribution in [-0.2, 0) is 20.0 Å². The number of carbonyl (C=O) groups excluding carboxylic acids is 1. The van der Waals surface area contributed by atoms with E-state index < -0.39 is 26.0 Å². The van der Waals surface area contributed by atoms with Gasteiger partial charge < -0.3 is 4.74 Å². The van der Waals surface area contributed by atoms with E-state index >= 15 is 0 Å². The van der Waals surface area contributed by atoms with Crippen LogP contribution in [0.1, 0.15) is 22.3 Å². The molecule has 1 aliphatic heterocycles. The fourth-order valence-electron chi connectivity index (χ4n) is 2.97. The van der Waals surface area contributed by atoms with Gasteiger partial charge in [-0.15, -0.1) is 0 Å². The Morgan fingerprint density at radius 3 is 2.36 bits per heavy atom. The molecule has 3 rings (SSSR count). The Bertz CT molecular complexity index is 1110. The second kappa shape index (κ2) is 7.44. The number of hydrogen-bond acceptors (Lipinski definition) is 6. The number of rotatable bonds is 5. The zero-order valence-corrected chi connectivity index (χ0v) is 17.0. The summed E-state index contributed by atoms with van der Waals surface area (Å²) in [6, 6.07) is 10.0. The van der Waals surface area contributed by atoms with Crippen molar-refractivity contribution in [3.8, 4) is 5.75 Å². The van der Waals surface area contributed by atoms with Gasteiger partial charge in [-0.05, 0) is 61.4 Å². The van der Waals surface area contributed by atoms with Gasteiger partial charge in [0.2, 0.25) is 10.0 Å². The van der Waals surface area contributed by atoms with E-state index in [2.05, 4.69) is 0 Å². The molecule has 2 aromatic rings. The number of ether oxygens (including phenoxy) is 1. The Morgan fingerprint density at radius 1 is 1.14 bits per heavy atom. The molecule has 1 amide bonds. The summed E-state index contributed by atoms with van der Waals surface area (Å²) in [6.45, 7) is 2.09. The van der Waals surface area contributed by atoms with Crippen LogP contribution in [0.5, 0.6) is 5.75 Å². The maximum Gasteiger partial charge on any atom is 0.264 e. The second-order valence-corrected chi connectivity index (χ2v) is 10.0. The van der Waals surface area contributed by atoms with Crippen LogP contribution in [0.25, 0.3) is 0 Å². The van der Waals surface area contributed by atoms with Gasteiger partial charge in [-0.25, -0.2) is 21.6 Å². The third-order valence-corrected chi connectivity index (χ3v) is 7.62. The van der Waals surface area contributed by atoms with Crippen LogP contribution < -0.4 is 13.8 Å². The lowest BCUT2D eigenvalue weighted by Gasteiger charge is -2.17. The molecule has 0 saturated carbocycles. The molecular weight excluding hydrogens is 404 g/mol. The molecule has 0 radical (unpaired) electrons. The Kier molecular flexibility index (Phi) is 5.35. The lowest BCUT2D eigenvalue weighted by Crippen LogP contribution is -2.30. The van der Waals surface area contributed by atoms with Crippen LogP contribution in [0.3, 0.4) is 0 Å². The van der Waals surface area contributed by atoms with Crippen molar-refractivity contribution in [3.05, 3.63) is 53.6 Å². The lowest BCUT2D eigenvalue weighted by atomic mass is 10.2. The number of sulfonamides is 2. The number of hydrogen-bond donors (Lipinski definition) is 1. The molecule has 0 spiro atoms. The topological polar surface area (TPSA) is 110 Å². The maximum absolute atomic E-state index is 12.5. The number of nitrogens with one attached hydrogen (secondary N) is 1. The summed E-state index contributed by atoms with van der Waals surface area (Å²) in [4.78, 5) is 12.3. The number of carbonyl (C=O) groups is 1. The largest absolute Gasteiger partial charge is 0.496 e. The van der Waals surface area contributed by atoms with Gasteiger partial charge in [0.1, 0.15) is 5.75 Å². The summed E-state index contributed by atoms with van der Waals surface area (Å²) < 4.78 is 57.3. The van der Waals surface area contributed by atoms with E-state index in [4.69, 9.17) is 4.74 Å². The van der Waals surface area contributed by atoms with E-state index in [1.165, 1.54) is 53.9 Å². The summed E-state index contributed by atoms with van der Waals surface area (Å²) >= 11 is 0. The van der Waals surface area contributed by atoms with Gasteiger partial charge in [0.25, 0.3) is 15.9 Å². The summed E-state index contributed by atoms with van der Waals surface area (Å²) in [5, 5.41) is 0. The minimum absolute atomic E-state index is 0.0565. The molecule has 150 valence electrons. The van der Waals surface area contributed by atoms with Gasteiger partial charge in [-0.2, -0.15) is 0 Å². The molecular formula is C18H20N2O6S2. The molecule has 0 unspecified atom stereocenters. The monoisotopic (exact) mass is 424 g/mol. The van der Waals surface area contributed by atoms with Crippen molar-refractivity contribution in [3.63, 3.8) is 0 Å². The van der Waals surface area contributed by atoms with Crippen LogP contribution in [0.4, 0.5) is 5.69 Å². The standard InChI is InChI=1S/C18H20N2O6S2/c1-13-12-16(8-9-17(13)26-2)28(24,25)19-18(21)14-4-6-15(7-5-14)20-10-3-11-27(20,22)23/h4-9,12H,3,10-11H2,1-2H3,(H,19,21). The predicted octanol–water partition coefficient (Wildman–Crippen LogP) is 1.66. The molecule has 0 aromatic heterocycles. The minimum atomic E-state index is -4.06. The number of anilines is 1. The van der Waals surface area contributed by atoms with Gasteiger partial charge in [0.05, 0.1) is 23.4 Å². The van der Waals surface area contributed by atoms with Gasteiger partial charge >= 0.3 is 0 Å². The van der Waals surface area contributed by atoms with Crippen molar-refractivity contribution in [2.24, 2.45) is 0 Å². The SMILES string of the molecule is COc1ccc(S(=O)(=O)NC(=O)c2ccc(N3CCCS3(=O)=O)cc2)cc1C. The molecule has 28 heavy (non-hydrogen) atoms. The number of benzene rings is 2. The highest BCUT2D eigenvalue weighted by atomic mass is 32.2. The normalized spacial score (nSPS) is 16.0. The van der Waals surface area contributed by atoms with Crippen molar-refractivity contribution < 1.29 is 26.4 Å². The van der Waals surface area contributed by atoms with Crippen molar-refractivity contribution in [1.29, 1.82) is 0 Å². The molecule has 1 saturated heterocycles. The number of amides is 1. The average molecular weight is 425 g/mol. The molecule has 0 bridgehead atoms. The third kappa shape index (κ3) is 3.97. The molecule has 1 aliphatic rings. The van der Waals surface area contributed by atoms with Gasteiger partial charge in [-0.1, -0.05) is 0 Å². The van der Waals surface area contributed by atoms with Crippen LogP contribution >= 0.6 is 0 Å². The number of aryl methyl sites for hydroxylation is 1. The highest BCUT2D eigenvalue weighted by Gasteiger charge is 2.28. The van der Waals surface area contributed by atoms with E-state index in [1.807, 2.05) is 4.72 Å². The van der Waals surface area contributed by atoms with Crippen molar-refractivity contribution in [2.75, 3.05) is 23.7 Å². The molecule has 1 fully saturated rings. The van der Waals surface area contributed by atoms with E-state index in [0.717, 1.165) is 0 Å². The Hall–Kier alpha value is -2.59. The van der Waals surface area contributed by atoms with E-state index in [-0.39, 0.29) is 16.2 Å². The summed E-state index contributed by atoms with van der Waals surface area (Å²) in [5.41, 5.74) is 1.17. The Balaban J connectivity index is 1.78. The quantitative estimate of drug-likeness (QED) is 0.782. The van der Waals surface area contributed by atoms with Gasteiger partial charge in [0, 0.05) is 12.1 Å². The highest BCUT2D eigenvalue weighted by molar-refractivity contribution is 7.93. The average Bonchev–Trinajstić information content (AvgIpc) is 3.00. The zero-order chi connectivity index (χ0) is 20.5. The van der Waals surface area contributed by atoms with Crippen LogP contribution in [0.15, 0.2) is 47.4 Å². The number of nitrogens with zero attached hydrogens (tertiary/aromatic N) is 1. The van der Waals surface area contributed by atoms with Crippen molar-refractivity contribution in [1.82, 2.24) is 4.72 Å². The fourth-order valence-corrected chi connectivity index (χ4v) is 5.59. The van der Waals surface area contributed by atoms with Crippen LogP contribution in [0, 0.1) is 6.92 Å². The van der Waals surface area contributed by atoms with Gasteiger partial charge in [-0.3, -0.25) is 9.10 Å². The zero-order valence-electron chi connectivity index (χ0n) is 15.4. The van der Waals surface area contributed by atoms with Crippen LogP contribution in [0.2, 0.25) is 0 Å². The van der Waals surface area contributed by atoms with E-state index in [1.54, 1.807) is 6.92 Å². The van der Waals surface area contributed by atoms with Crippen molar-refractivity contribution in [2.45, 2.75) is 18.2 Å². The first kappa shape index (κ1) is 20.2.